The number of anilines is 1. The fourth-order valence-corrected chi connectivity index (χ4v) is 16.1. The summed E-state index contributed by atoms with van der Waals surface area (Å²) >= 11 is 0. The summed E-state index contributed by atoms with van der Waals surface area (Å²) in [6, 6.07) is 51.8. The van der Waals surface area contributed by atoms with Crippen molar-refractivity contribution in [1.82, 2.24) is 29.5 Å². The van der Waals surface area contributed by atoms with Gasteiger partial charge in [0, 0.05) is 31.0 Å². The Labute approximate surface area is 707 Å². The van der Waals surface area contributed by atoms with Gasteiger partial charge in [-0.25, -0.2) is 35.2 Å². The molecule has 2 fully saturated rings. The van der Waals surface area contributed by atoms with E-state index in [1.807, 2.05) is 113 Å². The highest BCUT2D eigenvalue weighted by Gasteiger charge is 2.55. The number of esters is 3. The molecule has 4 heterocycles. The normalized spacial score (nSPS) is 19.1. The lowest BCUT2D eigenvalue weighted by Gasteiger charge is -2.44. The first-order chi connectivity index (χ1) is 59.1. The highest BCUT2D eigenvalue weighted by atomic mass is 31.2. The monoisotopic (exact) mass is 1720 g/mol. The molecule has 2 amide bonds. The van der Waals surface area contributed by atoms with Crippen LogP contribution < -0.4 is 25.7 Å². The zero-order valence-corrected chi connectivity index (χ0v) is 70.6. The van der Waals surface area contributed by atoms with Gasteiger partial charge < -0.3 is 76.1 Å². The van der Waals surface area contributed by atoms with Crippen molar-refractivity contribution in [2.45, 2.75) is 140 Å². The highest BCUT2D eigenvalue weighted by molar-refractivity contribution is 7.48. The van der Waals surface area contributed by atoms with Crippen molar-refractivity contribution in [2.24, 2.45) is 5.92 Å². The maximum Gasteiger partial charge on any atom is 0.475 e. The van der Waals surface area contributed by atoms with Crippen LogP contribution in [-0.2, 0) is 89.7 Å². The third-order valence-electron chi connectivity index (χ3n) is 19.0. The molecule has 2 aliphatic rings. The fourth-order valence-electron chi connectivity index (χ4n) is 13.2. The summed E-state index contributed by atoms with van der Waals surface area (Å²) in [6.07, 6.45) is -12.1. The van der Waals surface area contributed by atoms with E-state index in [0.29, 0.717) is 11.5 Å². The molecule has 3 N–H and O–H groups in total. The summed E-state index contributed by atoms with van der Waals surface area (Å²) in [5.41, 5.74) is 0.246. The second-order valence-electron chi connectivity index (χ2n) is 28.4. The average molecular weight is 1720 g/mol. The third-order valence-corrected chi connectivity index (χ3v) is 22.6. The minimum absolute atomic E-state index is 0.00423. The molecule has 0 saturated carbocycles. The number of aromatic amines is 1. The molecule has 8 aromatic rings. The maximum absolute atomic E-state index is 14.2. The molecule has 2 aliphatic heterocycles. The Bertz CT molecular complexity index is 4830. The Morgan fingerprint density at radius 2 is 1.17 bits per heavy atom. The first kappa shape index (κ1) is 93.5. The molecule has 10 rings (SSSR count). The number of methoxy groups -OCH3 is 2. The van der Waals surface area contributed by atoms with Crippen LogP contribution in [0.25, 0.3) is 16.0 Å². The molecular formula is C86H100N10O24P2. The van der Waals surface area contributed by atoms with Crippen LogP contribution in [0.3, 0.4) is 0 Å². The van der Waals surface area contributed by atoms with Crippen molar-refractivity contribution in [3.63, 3.8) is 0 Å². The largest absolute Gasteiger partial charge is 0.497 e. The zero-order chi connectivity index (χ0) is 87.0. The van der Waals surface area contributed by atoms with Gasteiger partial charge in [0.1, 0.15) is 54.9 Å². The molecule has 4 unspecified atom stereocenters. The minimum atomic E-state index is -4.65. The number of phosphoric acid groups is 1. The van der Waals surface area contributed by atoms with Crippen LogP contribution in [0.2, 0.25) is 0 Å². The van der Waals surface area contributed by atoms with Gasteiger partial charge in [-0.2, -0.15) is 15.5 Å². The topological polar surface area (TPSA) is 402 Å². The molecule has 0 radical (unpaired) electrons. The van der Waals surface area contributed by atoms with Crippen LogP contribution in [-0.4, -0.2) is 209 Å². The van der Waals surface area contributed by atoms with Crippen LogP contribution in [0.15, 0.2) is 181 Å². The molecule has 2 aromatic heterocycles. The average Bonchev–Trinajstić information content (AvgIpc) is 1.55. The molecule has 11 atom stereocenters. The summed E-state index contributed by atoms with van der Waals surface area (Å²) < 4.78 is 125. The van der Waals surface area contributed by atoms with Crippen LogP contribution in [0.4, 0.5) is 5.95 Å². The molecule has 0 spiro atoms. The number of carbonyl (C=O) groups is 5. The molecule has 36 heteroatoms. The van der Waals surface area contributed by atoms with Crippen molar-refractivity contribution in [3.05, 3.63) is 231 Å². The number of nitrogens with one attached hydrogen (secondary N) is 3. The number of benzene rings is 6. The van der Waals surface area contributed by atoms with E-state index in [-0.39, 0.29) is 124 Å². The van der Waals surface area contributed by atoms with Crippen LogP contribution in [0, 0.1) is 35.2 Å². The lowest BCUT2D eigenvalue weighted by atomic mass is 9.80. The predicted octanol–water partition coefficient (Wildman–Crippen LogP) is 12.0. The smallest absolute Gasteiger partial charge is 0.475 e. The lowest BCUT2D eigenvalue weighted by Crippen LogP contribution is -2.63. The number of amides is 2. The first-order valence-corrected chi connectivity index (χ1v) is 42.2. The van der Waals surface area contributed by atoms with E-state index in [0.717, 1.165) is 16.7 Å². The van der Waals surface area contributed by atoms with Gasteiger partial charge in [0.2, 0.25) is 24.3 Å². The summed E-state index contributed by atoms with van der Waals surface area (Å²) in [5, 5.41) is 24.6. The molecule has 6 aromatic carbocycles. The van der Waals surface area contributed by atoms with Crippen molar-refractivity contribution < 1.29 is 108 Å². The molecule has 0 bridgehead atoms. The van der Waals surface area contributed by atoms with Gasteiger partial charge in [0.25, 0.3) is 14.1 Å². The zero-order valence-electron chi connectivity index (χ0n) is 68.8. The van der Waals surface area contributed by atoms with Gasteiger partial charge >= 0.3 is 25.7 Å². The Kier molecular flexibility index (Phi) is 36.0. The van der Waals surface area contributed by atoms with Crippen LogP contribution in [0.1, 0.15) is 121 Å². The number of nitriles is 2. The molecule has 2 saturated heterocycles. The van der Waals surface area contributed by atoms with Crippen molar-refractivity contribution in [2.75, 3.05) is 98.9 Å². The summed E-state index contributed by atoms with van der Waals surface area (Å²) in [4.78, 5) is 98.2. The van der Waals surface area contributed by atoms with Gasteiger partial charge in [0.05, 0.1) is 115 Å². The Morgan fingerprint density at radius 1 is 0.631 bits per heavy atom. The van der Waals surface area contributed by atoms with Gasteiger partial charge in [-0.3, -0.25) is 42.8 Å². The number of nitrogens with zero attached hydrogens (tertiary/aromatic N) is 7. The molecule has 122 heavy (non-hydrogen) atoms. The Hall–Kier alpha value is -10.8. The number of aromatic nitrogens is 4. The van der Waals surface area contributed by atoms with Crippen molar-refractivity contribution in [1.29, 1.82) is 10.5 Å². The van der Waals surface area contributed by atoms with Crippen molar-refractivity contribution >= 4 is 63.2 Å². The first-order valence-electron chi connectivity index (χ1n) is 39.6. The second kappa shape index (κ2) is 47.0. The van der Waals surface area contributed by atoms with Crippen LogP contribution >= 0.6 is 16.3 Å². The van der Waals surface area contributed by atoms with E-state index in [9.17, 15) is 43.9 Å². The number of H-pyrrole nitrogens is 1. The van der Waals surface area contributed by atoms with E-state index >= 15 is 0 Å². The molecule has 0 aliphatic carbocycles. The molecule has 648 valence electrons. The van der Waals surface area contributed by atoms with E-state index in [4.69, 9.17) is 91.0 Å². The predicted molar refractivity (Wildman–Crippen MR) is 441 cm³/mol. The minimum Gasteiger partial charge on any atom is -0.497 e. The van der Waals surface area contributed by atoms with Gasteiger partial charge in [-0.1, -0.05) is 123 Å². The second-order valence-corrected chi connectivity index (χ2v) is 31.5. The Morgan fingerprint density at radius 3 is 1.74 bits per heavy atom. The lowest BCUT2D eigenvalue weighted by molar-refractivity contribution is -0.298. The standard InChI is InChI=1S/C86H100N10O24P2/c1-57(2)78(98)93-85-92-77-71(79(99)94-85)91-55-95(77)80-75(73(120-121(111-47-23-42-87)96(58(3)4)59(5)6)68(115-80)53-110-86(63-31-20-13-21-32-63,64-34-38-66(104-8)39-35-64)65-36-40-67(105-9)41-37-65)109-56-107-52-51-106-49-45-90-70(97)33-22-46-108-84-76(119-83(102)62-29-18-12-19-30-62)74(118-82(101)61-27-16-11-17-28-61)72(117-81(100)60-25-14-10-15-26-60)69(116-84)54-114-122(103,112-48-24-43-88)113-50-44-89-7/h10-21,25-32,34-41,55,57-59,68-69,72-76,80,84H,22-24,33,44-54,56H2,1-6,8-9H3,(H,90,97)(H2,92,93,94,98,99)/t68-,69-,72-,73-,74?,75-,76?,80-,84+,121?,122?/m1/s1. The van der Waals surface area contributed by atoms with Crippen molar-refractivity contribution in [3.8, 4) is 23.6 Å². The summed E-state index contributed by atoms with van der Waals surface area (Å²) in [6.45, 7) is 15.9. The van der Waals surface area contributed by atoms with E-state index in [2.05, 4.69) is 36.2 Å². The summed E-state index contributed by atoms with van der Waals surface area (Å²) in [7, 11) is -3.54. The number of rotatable bonds is 48. The number of ether oxygens (including phenoxy) is 12. The van der Waals surface area contributed by atoms with E-state index in [1.165, 1.54) is 47.3 Å². The number of carbonyl (C=O) groups excluding carboxylic acids is 5. The number of imidazole rings is 1. The quantitative estimate of drug-likeness (QED) is 0.00606. The highest BCUT2D eigenvalue weighted by Crippen LogP contribution is 2.53. The number of fused-ring (bicyclic) bond motifs is 1. The SMILES string of the molecule is [C-]#[N+]CCOP(=O)(OCCC#N)OC[C@H]1O[C@H](OCCCC(=O)NCCOCCOCO[C@@H]2[C@H](OP(OCCC#N)N(C(C)C)C(C)C)[C@@H](COC(c3ccccc3)(c3ccc(OC)cc3)c3ccc(OC)cc3)O[C@H]2n2cnc3c(=O)[nH]c(NC(=O)C(C)C)nc32)C(OC(=O)c2ccccc2)C(OC(=O)c2ccccc2)[C@@H]1OC(=O)c1ccccc1. The number of hydrogen-bond acceptors (Lipinski definition) is 29. The number of phosphoric ester groups is 1. The maximum atomic E-state index is 14.2. The van der Waals surface area contributed by atoms with E-state index < -0.39 is 145 Å². The van der Waals surface area contributed by atoms with Gasteiger partial charge in [-0.05, 0) is 111 Å². The summed E-state index contributed by atoms with van der Waals surface area (Å²) in [5.74, 6) is -3.09. The number of hydrogen-bond donors (Lipinski definition) is 3. The Balaban J connectivity index is 0.858. The molecule has 34 nitrogen and oxygen atoms in total. The van der Waals surface area contributed by atoms with Gasteiger partial charge in [0.15, 0.2) is 42.0 Å². The van der Waals surface area contributed by atoms with Crippen LogP contribution in [0.5, 0.6) is 11.5 Å². The van der Waals surface area contributed by atoms with Gasteiger partial charge in [-0.15, -0.1) is 0 Å². The molecular weight excluding hydrogens is 1620 g/mol. The van der Waals surface area contributed by atoms with E-state index in [1.54, 1.807) is 82.7 Å². The fraction of sp³-hybridized carbons (Fsp3) is 0.430. The third kappa shape index (κ3) is 25.4.